The number of benzene rings is 1. The summed E-state index contributed by atoms with van der Waals surface area (Å²) >= 11 is 0. The highest BCUT2D eigenvalue weighted by Crippen LogP contribution is 2.32. The second-order valence-corrected chi connectivity index (χ2v) is 3.61. The number of carbonyl (C=O) groups excluding carboxylic acids is 2. The van der Waals surface area contributed by atoms with Gasteiger partial charge in [-0.1, -0.05) is 18.2 Å². The van der Waals surface area contributed by atoms with Crippen LogP contribution >= 0.6 is 0 Å². The Labute approximate surface area is 93.2 Å². The minimum absolute atomic E-state index is 0.265. The van der Waals surface area contributed by atoms with Gasteiger partial charge in [0, 0.05) is 18.9 Å². The highest BCUT2D eigenvalue weighted by molar-refractivity contribution is 5.93. The summed E-state index contributed by atoms with van der Waals surface area (Å²) in [6.45, 7) is 1.62. The van der Waals surface area contributed by atoms with E-state index in [0.717, 1.165) is 5.56 Å². The van der Waals surface area contributed by atoms with Crippen LogP contribution in [0.1, 0.15) is 35.4 Å². The molecule has 1 heterocycles. The first kappa shape index (κ1) is 10.7. The van der Waals surface area contributed by atoms with E-state index in [-0.39, 0.29) is 24.6 Å². The molecule has 1 aromatic carbocycles. The van der Waals surface area contributed by atoms with Crippen molar-refractivity contribution in [3.8, 4) is 0 Å². The molecule has 0 amide bonds. The normalized spacial score (nSPS) is 17.8. The van der Waals surface area contributed by atoms with E-state index in [1.807, 2.05) is 12.1 Å². The molecule has 0 saturated carbocycles. The monoisotopic (exact) mass is 220 g/mol. The number of fused-ring (bicyclic) bond motifs is 1. The number of cyclic esters (lactones) is 1. The Balaban J connectivity index is 2.03. The maximum absolute atomic E-state index is 11.4. The highest BCUT2D eigenvalue weighted by Gasteiger charge is 2.30. The highest BCUT2D eigenvalue weighted by atomic mass is 16.6. The summed E-state index contributed by atoms with van der Waals surface area (Å²) in [4.78, 5) is 22.0. The lowest BCUT2D eigenvalue weighted by atomic mass is 10.0. The molecular formula is C12H12O4. The summed E-state index contributed by atoms with van der Waals surface area (Å²) in [6, 6.07) is 7.26. The molecule has 0 N–H and O–H groups in total. The van der Waals surface area contributed by atoms with E-state index in [0.29, 0.717) is 12.0 Å². The zero-order chi connectivity index (χ0) is 11.5. The van der Waals surface area contributed by atoms with Gasteiger partial charge in [-0.25, -0.2) is 4.79 Å². The predicted molar refractivity (Wildman–Crippen MR) is 55.8 cm³/mol. The molecule has 84 valence electrons. The minimum Gasteiger partial charge on any atom is -0.466 e. The van der Waals surface area contributed by atoms with Gasteiger partial charge in [0.25, 0.3) is 0 Å². The molecule has 0 aromatic heterocycles. The standard InChI is InChI=1S/C12H12O4/c1-8(13)15-7-6-11-9-4-2-3-5-10(9)12(14)16-11/h2-5,11H,6-7H2,1H3. The van der Waals surface area contributed by atoms with Gasteiger partial charge in [-0.3, -0.25) is 4.79 Å². The van der Waals surface area contributed by atoms with Crippen molar-refractivity contribution in [3.05, 3.63) is 35.4 Å². The zero-order valence-corrected chi connectivity index (χ0v) is 8.93. The molecular weight excluding hydrogens is 208 g/mol. The van der Waals surface area contributed by atoms with Crippen LogP contribution < -0.4 is 0 Å². The van der Waals surface area contributed by atoms with E-state index in [1.54, 1.807) is 12.1 Å². The second kappa shape index (κ2) is 4.35. The fourth-order valence-corrected chi connectivity index (χ4v) is 1.74. The Bertz CT molecular complexity index is 425. The third-order valence-corrected chi connectivity index (χ3v) is 2.46. The van der Waals surface area contributed by atoms with E-state index in [4.69, 9.17) is 9.47 Å². The van der Waals surface area contributed by atoms with Crippen molar-refractivity contribution < 1.29 is 19.1 Å². The fourth-order valence-electron chi connectivity index (χ4n) is 1.74. The molecule has 0 spiro atoms. The van der Waals surface area contributed by atoms with Gasteiger partial charge >= 0.3 is 11.9 Å². The van der Waals surface area contributed by atoms with Gasteiger partial charge in [0.1, 0.15) is 6.10 Å². The molecule has 1 atom stereocenters. The SMILES string of the molecule is CC(=O)OCCC1OC(=O)c2ccccc21. The lowest BCUT2D eigenvalue weighted by molar-refractivity contribution is -0.141. The number of carbonyl (C=O) groups is 2. The topological polar surface area (TPSA) is 52.6 Å². The number of esters is 2. The Morgan fingerprint density at radius 3 is 2.94 bits per heavy atom. The van der Waals surface area contributed by atoms with E-state index < -0.39 is 0 Å². The van der Waals surface area contributed by atoms with Gasteiger partial charge in [0.2, 0.25) is 0 Å². The Morgan fingerprint density at radius 2 is 2.19 bits per heavy atom. The van der Waals surface area contributed by atoms with Gasteiger partial charge < -0.3 is 9.47 Å². The molecule has 0 bridgehead atoms. The van der Waals surface area contributed by atoms with E-state index in [1.165, 1.54) is 6.92 Å². The molecule has 1 aromatic rings. The first-order chi connectivity index (χ1) is 7.68. The van der Waals surface area contributed by atoms with Gasteiger partial charge in [0.15, 0.2) is 0 Å². The van der Waals surface area contributed by atoms with Crippen molar-refractivity contribution in [2.75, 3.05) is 6.61 Å². The van der Waals surface area contributed by atoms with Crippen LogP contribution in [0.15, 0.2) is 24.3 Å². The summed E-state index contributed by atoms with van der Waals surface area (Å²) in [5.74, 6) is -0.624. The van der Waals surface area contributed by atoms with Crippen LogP contribution in [-0.2, 0) is 14.3 Å². The van der Waals surface area contributed by atoms with Crippen molar-refractivity contribution in [2.45, 2.75) is 19.4 Å². The lowest BCUT2D eigenvalue weighted by Gasteiger charge is -2.09. The van der Waals surface area contributed by atoms with E-state index >= 15 is 0 Å². The van der Waals surface area contributed by atoms with E-state index in [2.05, 4.69) is 0 Å². The molecule has 1 aliphatic rings. The largest absolute Gasteiger partial charge is 0.466 e. The summed E-state index contributed by atoms with van der Waals surface area (Å²) in [5, 5.41) is 0. The first-order valence-electron chi connectivity index (χ1n) is 5.12. The van der Waals surface area contributed by atoms with Crippen molar-refractivity contribution in [3.63, 3.8) is 0 Å². The maximum Gasteiger partial charge on any atom is 0.339 e. The maximum atomic E-state index is 11.4. The van der Waals surface area contributed by atoms with Crippen LogP contribution in [0.25, 0.3) is 0 Å². The Kier molecular flexibility index (Phi) is 2.90. The van der Waals surface area contributed by atoms with Crippen molar-refractivity contribution >= 4 is 11.9 Å². The molecule has 1 aliphatic heterocycles. The van der Waals surface area contributed by atoms with Crippen molar-refractivity contribution in [1.29, 1.82) is 0 Å². The van der Waals surface area contributed by atoms with Gasteiger partial charge in [0.05, 0.1) is 12.2 Å². The van der Waals surface area contributed by atoms with E-state index in [9.17, 15) is 9.59 Å². The smallest absolute Gasteiger partial charge is 0.339 e. The number of hydrogen-bond acceptors (Lipinski definition) is 4. The van der Waals surface area contributed by atoms with Crippen LogP contribution in [0.2, 0.25) is 0 Å². The van der Waals surface area contributed by atoms with Crippen molar-refractivity contribution in [2.24, 2.45) is 0 Å². The molecule has 0 fully saturated rings. The quantitative estimate of drug-likeness (QED) is 0.729. The van der Waals surface area contributed by atoms with Crippen LogP contribution in [0, 0.1) is 0 Å². The Morgan fingerprint density at radius 1 is 1.44 bits per heavy atom. The third-order valence-electron chi connectivity index (χ3n) is 2.46. The molecule has 2 rings (SSSR count). The number of ether oxygens (including phenoxy) is 2. The summed E-state index contributed by atoms with van der Waals surface area (Å²) in [7, 11) is 0. The summed E-state index contributed by atoms with van der Waals surface area (Å²) in [6.07, 6.45) is 0.213. The zero-order valence-electron chi connectivity index (χ0n) is 8.93. The second-order valence-electron chi connectivity index (χ2n) is 3.61. The minimum atomic E-state index is -0.322. The molecule has 0 saturated heterocycles. The fraction of sp³-hybridized carbons (Fsp3) is 0.333. The third kappa shape index (κ3) is 2.05. The average molecular weight is 220 g/mol. The Hall–Kier alpha value is -1.84. The number of rotatable bonds is 3. The van der Waals surface area contributed by atoms with Gasteiger partial charge in [-0.15, -0.1) is 0 Å². The molecule has 16 heavy (non-hydrogen) atoms. The molecule has 0 aliphatic carbocycles. The van der Waals surface area contributed by atoms with Crippen LogP contribution in [-0.4, -0.2) is 18.5 Å². The van der Waals surface area contributed by atoms with Crippen LogP contribution in [0.3, 0.4) is 0 Å². The number of hydrogen-bond donors (Lipinski definition) is 0. The summed E-state index contributed by atoms with van der Waals surface area (Å²) in [5.41, 5.74) is 1.48. The predicted octanol–water partition coefficient (Wildman–Crippen LogP) is 1.85. The van der Waals surface area contributed by atoms with Gasteiger partial charge in [-0.2, -0.15) is 0 Å². The average Bonchev–Trinajstić information content (AvgIpc) is 2.57. The van der Waals surface area contributed by atoms with Crippen LogP contribution in [0.5, 0.6) is 0 Å². The molecule has 0 radical (unpaired) electrons. The van der Waals surface area contributed by atoms with Gasteiger partial charge in [-0.05, 0) is 6.07 Å². The first-order valence-corrected chi connectivity index (χ1v) is 5.12. The summed E-state index contributed by atoms with van der Waals surface area (Å²) < 4.78 is 10.0. The van der Waals surface area contributed by atoms with Crippen molar-refractivity contribution in [1.82, 2.24) is 0 Å². The molecule has 4 nitrogen and oxygen atoms in total. The van der Waals surface area contributed by atoms with Crippen LogP contribution in [0.4, 0.5) is 0 Å². The molecule has 4 heteroatoms. The molecule has 1 unspecified atom stereocenters. The lowest BCUT2D eigenvalue weighted by Crippen LogP contribution is -2.06.